The van der Waals surface area contributed by atoms with E-state index in [1.807, 2.05) is 6.21 Å². The van der Waals surface area contributed by atoms with E-state index in [1.54, 1.807) is 0 Å². The Morgan fingerprint density at radius 1 is 0.500 bits per heavy atom. The summed E-state index contributed by atoms with van der Waals surface area (Å²) in [6, 6.07) is 15.0. The van der Waals surface area contributed by atoms with Gasteiger partial charge in [0.25, 0.3) is 0 Å². The summed E-state index contributed by atoms with van der Waals surface area (Å²) >= 11 is 0. The molecule has 0 aliphatic rings. The Bertz CT molecular complexity index is 920. The van der Waals surface area contributed by atoms with Gasteiger partial charge in [-0.2, -0.15) is 0 Å². The molecule has 0 unspecified atom stereocenters. The molecule has 0 spiro atoms. The second kappa shape index (κ2) is 25.2. The molecule has 0 radical (unpaired) electrons. The van der Waals surface area contributed by atoms with Crippen LogP contribution in [0.1, 0.15) is 160 Å². The molecule has 0 aliphatic carbocycles. The van der Waals surface area contributed by atoms with Crippen molar-refractivity contribution in [3.05, 3.63) is 53.6 Å². The fourth-order valence-corrected chi connectivity index (χ4v) is 5.33. The fraction of sp³-hybridized carbons (Fsp3) is 0.667. The van der Waals surface area contributed by atoms with Crippen LogP contribution in [0.3, 0.4) is 0 Å². The highest BCUT2D eigenvalue weighted by Crippen LogP contribution is 2.29. The van der Waals surface area contributed by atoms with Crippen LogP contribution < -0.4 is 9.47 Å². The molecule has 0 N–H and O–H groups in total. The van der Waals surface area contributed by atoms with Crippen LogP contribution in [-0.2, 0) is 6.42 Å². The predicted molar refractivity (Wildman–Crippen MR) is 184 cm³/mol. The number of hydrogen-bond acceptors (Lipinski definition) is 3. The van der Waals surface area contributed by atoms with E-state index in [9.17, 15) is 0 Å². The summed E-state index contributed by atoms with van der Waals surface area (Å²) in [4.78, 5) is 4.75. The van der Waals surface area contributed by atoms with Gasteiger partial charge in [0, 0.05) is 6.21 Å². The van der Waals surface area contributed by atoms with Crippen LogP contribution in [0, 0.1) is 0 Å². The van der Waals surface area contributed by atoms with Crippen LogP contribution >= 0.6 is 0 Å². The third kappa shape index (κ3) is 17.6. The molecule has 2 aromatic carbocycles. The molecule has 3 heteroatoms. The van der Waals surface area contributed by atoms with E-state index < -0.39 is 0 Å². The third-order valence-corrected chi connectivity index (χ3v) is 8.10. The highest BCUT2D eigenvalue weighted by Gasteiger charge is 2.07. The molecule has 42 heavy (non-hydrogen) atoms. The van der Waals surface area contributed by atoms with Crippen LogP contribution in [0.25, 0.3) is 0 Å². The van der Waals surface area contributed by atoms with Crippen LogP contribution in [0.5, 0.6) is 11.5 Å². The maximum absolute atomic E-state index is 6.29. The summed E-state index contributed by atoms with van der Waals surface area (Å²) in [5.41, 5.74) is 3.44. The number of aryl methyl sites for hydroxylation is 1. The lowest BCUT2D eigenvalue weighted by molar-refractivity contribution is 0.258. The van der Waals surface area contributed by atoms with Crippen LogP contribution in [0.15, 0.2) is 47.5 Å². The van der Waals surface area contributed by atoms with E-state index in [-0.39, 0.29) is 0 Å². The third-order valence-electron chi connectivity index (χ3n) is 8.10. The van der Waals surface area contributed by atoms with Crippen molar-refractivity contribution in [2.75, 3.05) is 13.2 Å². The van der Waals surface area contributed by atoms with Crippen molar-refractivity contribution in [3.8, 4) is 11.5 Å². The van der Waals surface area contributed by atoms with Crippen LogP contribution in [0.4, 0.5) is 5.69 Å². The number of nitrogens with zero attached hydrogens (tertiary/aromatic N) is 1. The van der Waals surface area contributed by atoms with E-state index in [0.717, 1.165) is 55.2 Å². The van der Waals surface area contributed by atoms with E-state index >= 15 is 0 Å². The number of aliphatic imine (C=N–C) groups is 1. The van der Waals surface area contributed by atoms with Crippen molar-refractivity contribution in [3.63, 3.8) is 0 Å². The lowest BCUT2D eigenvalue weighted by Gasteiger charge is -2.14. The van der Waals surface area contributed by atoms with Crippen molar-refractivity contribution in [1.82, 2.24) is 0 Å². The van der Waals surface area contributed by atoms with E-state index in [1.165, 1.54) is 121 Å². The van der Waals surface area contributed by atoms with Gasteiger partial charge in [0.2, 0.25) is 0 Å². The second-order valence-corrected chi connectivity index (χ2v) is 12.1. The number of hydrogen-bond donors (Lipinski definition) is 0. The zero-order valence-corrected chi connectivity index (χ0v) is 27.6. The lowest BCUT2D eigenvalue weighted by atomic mass is 10.1. The van der Waals surface area contributed by atoms with Crippen molar-refractivity contribution < 1.29 is 9.47 Å². The minimum atomic E-state index is 0.739. The number of benzene rings is 2. The molecule has 0 atom stereocenters. The van der Waals surface area contributed by atoms with Gasteiger partial charge >= 0.3 is 0 Å². The molecular weight excluding hydrogens is 514 g/mol. The molecule has 0 saturated heterocycles. The molecule has 0 fully saturated rings. The summed E-state index contributed by atoms with van der Waals surface area (Å²) in [7, 11) is 0. The zero-order valence-electron chi connectivity index (χ0n) is 27.6. The standard InChI is InChI=1S/C39H63NO2/c1-4-7-10-13-15-17-19-22-31-41-38-30-27-36(33-39(38)42-32-23-20-18-16-14-11-8-5-2)34-40-37-28-25-35(26-29-37)24-21-12-9-6-3/h25-30,33-34H,4-24,31-32H2,1-3H3. The molecule has 0 aromatic heterocycles. The van der Waals surface area contributed by atoms with Gasteiger partial charge < -0.3 is 9.47 Å². The smallest absolute Gasteiger partial charge is 0.161 e. The Labute approximate surface area is 259 Å². The highest BCUT2D eigenvalue weighted by molar-refractivity contribution is 5.83. The van der Waals surface area contributed by atoms with Gasteiger partial charge in [0.05, 0.1) is 18.9 Å². The Kier molecular flexibility index (Phi) is 21.6. The lowest BCUT2D eigenvalue weighted by Crippen LogP contribution is -2.03. The van der Waals surface area contributed by atoms with Gasteiger partial charge in [0.1, 0.15) is 0 Å². The molecule has 0 heterocycles. The van der Waals surface area contributed by atoms with E-state index in [4.69, 9.17) is 14.5 Å². The van der Waals surface area contributed by atoms with E-state index in [0.29, 0.717) is 0 Å². The Balaban J connectivity index is 1.87. The summed E-state index contributed by atoms with van der Waals surface area (Å²) < 4.78 is 12.5. The van der Waals surface area contributed by atoms with Gasteiger partial charge in [0.15, 0.2) is 11.5 Å². The van der Waals surface area contributed by atoms with Gasteiger partial charge in [-0.1, -0.05) is 142 Å². The summed E-state index contributed by atoms with van der Waals surface area (Å²) in [5.74, 6) is 1.71. The van der Waals surface area contributed by atoms with Crippen LogP contribution in [-0.4, -0.2) is 19.4 Å². The Morgan fingerprint density at radius 3 is 1.52 bits per heavy atom. The number of rotatable bonds is 27. The average molecular weight is 578 g/mol. The maximum atomic E-state index is 6.29. The summed E-state index contributed by atoms with van der Waals surface area (Å²) in [6.07, 6.45) is 29.1. The molecule has 0 bridgehead atoms. The molecular formula is C39H63NO2. The first-order valence-corrected chi connectivity index (χ1v) is 17.8. The first-order valence-electron chi connectivity index (χ1n) is 17.8. The highest BCUT2D eigenvalue weighted by atomic mass is 16.5. The maximum Gasteiger partial charge on any atom is 0.161 e. The molecule has 3 nitrogen and oxygen atoms in total. The van der Waals surface area contributed by atoms with Gasteiger partial charge in [-0.05, 0) is 67.1 Å². The minimum Gasteiger partial charge on any atom is -0.490 e. The quantitative estimate of drug-likeness (QED) is 0.0781. The average Bonchev–Trinajstić information content (AvgIpc) is 3.01. The molecule has 0 aliphatic heterocycles. The molecule has 2 rings (SSSR count). The largest absolute Gasteiger partial charge is 0.490 e. The van der Waals surface area contributed by atoms with E-state index in [2.05, 4.69) is 63.2 Å². The van der Waals surface area contributed by atoms with Gasteiger partial charge in [-0.3, -0.25) is 4.99 Å². The van der Waals surface area contributed by atoms with Crippen molar-refractivity contribution >= 4 is 11.9 Å². The fourth-order valence-electron chi connectivity index (χ4n) is 5.33. The molecule has 0 amide bonds. The summed E-state index contributed by atoms with van der Waals surface area (Å²) in [5, 5.41) is 0. The Morgan fingerprint density at radius 2 is 0.976 bits per heavy atom. The first-order chi connectivity index (χ1) is 20.8. The number of unbranched alkanes of at least 4 members (excludes halogenated alkanes) is 17. The normalized spacial score (nSPS) is 11.4. The van der Waals surface area contributed by atoms with Crippen molar-refractivity contribution in [2.24, 2.45) is 4.99 Å². The SMILES string of the molecule is CCCCCCCCCCOc1ccc(C=Nc2ccc(CCCCCC)cc2)cc1OCCCCCCCCCC. The summed E-state index contributed by atoms with van der Waals surface area (Å²) in [6.45, 7) is 8.31. The Hall–Kier alpha value is -2.29. The first kappa shape index (κ1) is 35.9. The molecule has 2 aromatic rings. The molecule has 236 valence electrons. The topological polar surface area (TPSA) is 30.8 Å². The molecule has 0 saturated carbocycles. The second-order valence-electron chi connectivity index (χ2n) is 12.1. The zero-order chi connectivity index (χ0) is 29.9. The number of ether oxygens (including phenoxy) is 2. The van der Waals surface area contributed by atoms with Gasteiger partial charge in [-0.15, -0.1) is 0 Å². The van der Waals surface area contributed by atoms with Crippen molar-refractivity contribution in [1.29, 1.82) is 0 Å². The van der Waals surface area contributed by atoms with Crippen molar-refractivity contribution in [2.45, 2.75) is 156 Å². The van der Waals surface area contributed by atoms with Crippen LogP contribution in [0.2, 0.25) is 0 Å². The monoisotopic (exact) mass is 577 g/mol. The van der Waals surface area contributed by atoms with Gasteiger partial charge in [-0.25, -0.2) is 0 Å². The minimum absolute atomic E-state index is 0.739. The predicted octanol–water partition coefficient (Wildman–Crippen LogP) is 12.6.